The third-order valence-electron chi connectivity index (χ3n) is 7.55. The van der Waals surface area contributed by atoms with E-state index in [1.54, 1.807) is 39.3 Å². The van der Waals surface area contributed by atoms with Crippen LogP contribution in [-0.2, 0) is 4.74 Å². The number of thiophene rings is 1. The van der Waals surface area contributed by atoms with Crippen LogP contribution in [0, 0.1) is 23.0 Å². The summed E-state index contributed by atoms with van der Waals surface area (Å²) in [6.45, 7) is 7.50. The van der Waals surface area contributed by atoms with Crippen molar-refractivity contribution in [2.75, 3.05) is 35.4 Å². The quantitative estimate of drug-likeness (QED) is 0.136. The summed E-state index contributed by atoms with van der Waals surface area (Å²) in [6, 6.07) is 7.87. The molecule has 10 nitrogen and oxygen atoms in total. The lowest BCUT2D eigenvalue weighted by molar-refractivity contribution is 0.0636. The van der Waals surface area contributed by atoms with Gasteiger partial charge in [0.1, 0.15) is 46.2 Å². The number of pyridine rings is 1. The van der Waals surface area contributed by atoms with Crippen LogP contribution >= 0.6 is 34.7 Å². The van der Waals surface area contributed by atoms with Crippen molar-refractivity contribution in [1.29, 1.82) is 5.26 Å². The van der Waals surface area contributed by atoms with Crippen LogP contribution < -0.4 is 20.7 Å². The molecule has 0 radical (unpaired) electrons. The van der Waals surface area contributed by atoms with Gasteiger partial charge in [0.15, 0.2) is 16.7 Å². The molecule has 0 spiro atoms. The summed E-state index contributed by atoms with van der Waals surface area (Å²) >= 11 is 9.07. The van der Waals surface area contributed by atoms with Crippen LogP contribution in [0.5, 0.6) is 5.75 Å². The topological polar surface area (TPSA) is 139 Å². The molecule has 0 aliphatic carbocycles. The third kappa shape index (κ3) is 5.72. The molecule has 2 aromatic carbocycles. The molecule has 0 fully saturated rings. The molecule has 3 N–H and O–H groups in total. The van der Waals surface area contributed by atoms with Gasteiger partial charge in [0.25, 0.3) is 0 Å². The Kier molecular flexibility index (Phi) is 8.50. The van der Waals surface area contributed by atoms with Gasteiger partial charge in [0.2, 0.25) is 0 Å². The zero-order valence-electron chi connectivity index (χ0n) is 25.9. The summed E-state index contributed by atoms with van der Waals surface area (Å²) in [5.41, 5.74) is 6.00. The average Bonchev–Trinajstić information content (AvgIpc) is 3.27. The maximum absolute atomic E-state index is 17.0. The Morgan fingerprint density at radius 3 is 2.72 bits per heavy atom. The number of halogens is 3. The lowest BCUT2D eigenvalue weighted by Gasteiger charge is -2.30. The molecule has 6 rings (SSSR count). The molecule has 1 aliphatic heterocycles. The molecule has 0 saturated heterocycles. The maximum atomic E-state index is 17.0. The molecule has 15 heteroatoms. The van der Waals surface area contributed by atoms with E-state index in [1.807, 2.05) is 24.0 Å². The first-order valence-corrected chi connectivity index (χ1v) is 16.8. The van der Waals surface area contributed by atoms with E-state index in [1.165, 1.54) is 17.8 Å². The van der Waals surface area contributed by atoms with Gasteiger partial charge in [-0.25, -0.2) is 28.5 Å². The number of carbonyl (C=O) groups is 1. The second kappa shape index (κ2) is 12.3. The zero-order valence-corrected chi connectivity index (χ0v) is 28.3. The predicted molar refractivity (Wildman–Crippen MR) is 182 cm³/mol. The Morgan fingerprint density at radius 2 is 2.04 bits per heavy atom. The van der Waals surface area contributed by atoms with Crippen LogP contribution in [0.2, 0.25) is 5.02 Å². The SMILES string of the molecule is CSc1nc2c3c(c(Cl)c(-c4ccc(F)c5sc(NC(=O)OC(C)(C)C)c(C#N)c45)c(F)c3n1)OCCN2C(C)c1cccnc1N. The molecule has 3 aromatic heterocycles. The van der Waals surface area contributed by atoms with Crippen LogP contribution in [0.4, 0.5) is 30.2 Å². The summed E-state index contributed by atoms with van der Waals surface area (Å²) < 4.78 is 43.9. The van der Waals surface area contributed by atoms with E-state index in [4.69, 9.17) is 31.8 Å². The molecule has 47 heavy (non-hydrogen) atoms. The Hall–Kier alpha value is -4.45. The lowest BCUT2D eigenvalue weighted by atomic mass is 9.96. The van der Waals surface area contributed by atoms with Crippen molar-refractivity contribution in [3.8, 4) is 22.9 Å². The molecule has 1 aliphatic rings. The number of benzene rings is 2. The van der Waals surface area contributed by atoms with E-state index in [0.717, 1.165) is 23.0 Å². The van der Waals surface area contributed by atoms with Crippen molar-refractivity contribution in [2.24, 2.45) is 0 Å². The number of thioether (sulfide) groups is 1. The lowest BCUT2D eigenvalue weighted by Crippen LogP contribution is -2.31. The molecule has 1 amide bonds. The number of carbonyl (C=O) groups excluding carboxylic acids is 1. The minimum atomic E-state index is -0.827. The maximum Gasteiger partial charge on any atom is 0.412 e. The molecule has 242 valence electrons. The molecular weight excluding hydrogens is 668 g/mol. The molecule has 1 atom stereocenters. The molecule has 0 bridgehead atoms. The highest BCUT2D eigenvalue weighted by Crippen LogP contribution is 2.51. The Morgan fingerprint density at radius 1 is 1.28 bits per heavy atom. The van der Waals surface area contributed by atoms with Crippen molar-refractivity contribution in [3.05, 3.63) is 58.2 Å². The summed E-state index contributed by atoms with van der Waals surface area (Å²) in [5, 5.41) is 13.3. The van der Waals surface area contributed by atoms with Gasteiger partial charge in [-0.3, -0.25) is 5.32 Å². The summed E-state index contributed by atoms with van der Waals surface area (Å²) in [5.74, 6) is -0.575. The highest BCUT2D eigenvalue weighted by molar-refractivity contribution is 7.98. The van der Waals surface area contributed by atoms with Crippen LogP contribution in [0.1, 0.15) is 44.9 Å². The van der Waals surface area contributed by atoms with Crippen molar-refractivity contribution < 1.29 is 23.0 Å². The van der Waals surface area contributed by atoms with Gasteiger partial charge < -0.3 is 20.1 Å². The Balaban J connectivity index is 1.60. The van der Waals surface area contributed by atoms with Gasteiger partial charge >= 0.3 is 6.09 Å². The number of nitrogens with zero attached hydrogens (tertiary/aromatic N) is 5. The van der Waals surface area contributed by atoms with Crippen LogP contribution in [0.3, 0.4) is 0 Å². The third-order valence-corrected chi connectivity index (χ3v) is 9.57. The van der Waals surface area contributed by atoms with Crippen LogP contribution in [-0.4, -0.2) is 46.1 Å². The minimum absolute atomic E-state index is 0.0229. The summed E-state index contributed by atoms with van der Waals surface area (Å²) in [6.07, 6.45) is 2.55. The van der Waals surface area contributed by atoms with E-state index < -0.39 is 23.3 Å². The largest absolute Gasteiger partial charge is 0.489 e. The predicted octanol–water partition coefficient (Wildman–Crippen LogP) is 8.32. The summed E-state index contributed by atoms with van der Waals surface area (Å²) in [7, 11) is 0. The zero-order chi connectivity index (χ0) is 33.8. The molecule has 5 aromatic rings. The van der Waals surface area contributed by atoms with E-state index in [9.17, 15) is 10.1 Å². The fraction of sp³-hybridized carbons (Fsp3) is 0.281. The fourth-order valence-electron chi connectivity index (χ4n) is 5.56. The van der Waals surface area contributed by atoms with E-state index in [0.29, 0.717) is 23.3 Å². The van der Waals surface area contributed by atoms with Crippen molar-refractivity contribution in [3.63, 3.8) is 0 Å². The molecule has 1 unspecified atom stereocenters. The number of nitrogen functional groups attached to an aromatic ring is 1. The second-order valence-corrected chi connectivity index (χ2v) is 13.8. The number of hydrogen-bond acceptors (Lipinski definition) is 11. The number of fused-ring (bicyclic) bond motifs is 1. The monoisotopic (exact) mass is 695 g/mol. The number of nitriles is 1. The number of nitrogens with one attached hydrogen (secondary N) is 1. The van der Waals surface area contributed by atoms with Gasteiger partial charge in [0, 0.05) is 22.7 Å². The van der Waals surface area contributed by atoms with E-state index >= 15 is 8.78 Å². The first-order chi connectivity index (χ1) is 22.3. The highest BCUT2D eigenvalue weighted by Gasteiger charge is 2.33. The summed E-state index contributed by atoms with van der Waals surface area (Å²) in [4.78, 5) is 28.1. The standard InChI is InChI=1S/C32H28ClF2N7O3S2/c1-14(15-7-6-10-38-27(15)37)42-11-12-44-25-21-24(39-30(46-5)40-28(21)42)23(35)20(22(25)33)16-8-9-18(34)26-19(16)17(13-36)29(47-26)41-31(43)45-32(2,3)4/h6-10,14H,11-12H2,1-5H3,(H2,37,38)(H,41,43). The number of amides is 1. The van der Waals surface area contributed by atoms with Crippen molar-refractivity contribution in [2.45, 2.75) is 44.5 Å². The number of rotatable bonds is 5. The Labute approximate surface area is 281 Å². The number of hydrogen-bond donors (Lipinski definition) is 2. The van der Waals surface area contributed by atoms with Gasteiger partial charge in [-0.15, -0.1) is 11.3 Å². The van der Waals surface area contributed by atoms with Crippen molar-refractivity contribution in [1.82, 2.24) is 15.0 Å². The minimum Gasteiger partial charge on any atom is -0.489 e. The number of ether oxygens (including phenoxy) is 2. The van der Waals surface area contributed by atoms with Crippen LogP contribution in [0.25, 0.3) is 32.1 Å². The number of anilines is 3. The fourth-order valence-corrected chi connectivity index (χ4v) is 7.32. The van der Waals surface area contributed by atoms with E-state index in [-0.39, 0.29) is 66.1 Å². The van der Waals surface area contributed by atoms with Crippen LogP contribution in [0.15, 0.2) is 35.6 Å². The number of nitrogens with two attached hydrogens (primary N) is 1. The van der Waals surface area contributed by atoms with E-state index in [2.05, 4.69) is 15.3 Å². The molecule has 4 heterocycles. The van der Waals surface area contributed by atoms with Crippen molar-refractivity contribution >= 4 is 78.4 Å². The normalized spacial score (nSPS) is 13.6. The van der Waals surface area contributed by atoms with Gasteiger partial charge in [-0.2, -0.15) is 5.26 Å². The first-order valence-electron chi connectivity index (χ1n) is 14.4. The Bertz CT molecular complexity index is 2130. The van der Waals surface area contributed by atoms with Gasteiger partial charge in [-0.05, 0) is 51.6 Å². The smallest absolute Gasteiger partial charge is 0.412 e. The molecular formula is C32H28ClF2N7O3S2. The number of aromatic nitrogens is 3. The van der Waals surface area contributed by atoms with Gasteiger partial charge in [-0.1, -0.05) is 35.5 Å². The second-order valence-electron chi connectivity index (χ2n) is 11.6. The van der Waals surface area contributed by atoms with Gasteiger partial charge in [0.05, 0.1) is 33.3 Å². The molecule has 0 saturated carbocycles. The highest BCUT2D eigenvalue weighted by atomic mass is 35.5. The average molecular weight is 696 g/mol. The first kappa shape index (κ1) is 32.5.